The molecule has 0 amide bonds. The average Bonchev–Trinajstić information content (AvgIpc) is 2.41. The minimum atomic E-state index is -0.583. The van der Waals surface area contributed by atoms with Crippen molar-refractivity contribution in [2.75, 3.05) is 12.4 Å². The van der Waals surface area contributed by atoms with Crippen LogP contribution in [0, 0.1) is 0 Å². The van der Waals surface area contributed by atoms with Gasteiger partial charge in [0, 0.05) is 18.0 Å². The molecule has 1 aromatic heterocycles. The first-order valence-corrected chi connectivity index (χ1v) is 6.18. The van der Waals surface area contributed by atoms with E-state index in [0.29, 0.717) is 18.5 Å². The van der Waals surface area contributed by atoms with Crippen molar-refractivity contribution in [3.8, 4) is 0 Å². The van der Waals surface area contributed by atoms with Crippen molar-refractivity contribution < 1.29 is 10.2 Å². The summed E-state index contributed by atoms with van der Waals surface area (Å²) in [7, 11) is 1.83. The van der Waals surface area contributed by atoms with E-state index in [9.17, 15) is 10.2 Å². The number of nitrogens with one attached hydrogen (secondary N) is 1. The van der Waals surface area contributed by atoms with Crippen LogP contribution in [0.3, 0.4) is 0 Å². The van der Waals surface area contributed by atoms with E-state index in [1.807, 2.05) is 31.3 Å². The molecular weight excluding hydrogens is 228 g/mol. The molecule has 0 saturated carbocycles. The van der Waals surface area contributed by atoms with Gasteiger partial charge in [0.1, 0.15) is 0 Å². The zero-order valence-electron chi connectivity index (χ0n) is 10.2. The van der Waals surface area contributed by atoms with Gasteiger partial charge >= 0.3 is 0 Å². The third kappa shape index (κ3) is 1.57. The molecule has 0 saturated heterocycles. The highest BCUT2D eigenvalue weighted by Gasteiger charge is 2.29. The number of pyridine rings is 1. The zero-order chi connectivity index (χ0) is 12.7. The van der Waals surface area contributed by atoms with Crippen molar-refractivity contribution in [2.24, 2.45) is 0 Å². The second kappa shape index (κ2) is 4.23. The van der Waals surface area contributed by atoms with Gasteiger partial charge in [0.15, 0.2) is 0 Å². The summed E-state index contributed by atoms with van der Waals surface area (Å²) in [5.41, 5.74) is 3.07. The lowest BCUT2D eigenvalue weighted by molar-refractivity contribution is 0.0883. The highest BCUT2D eigenvalue weighted by molar-refractivity contribution is 5.93. The van der Waals surface area contributed by atoms with E-state index in [-0.39, 0.29) is 0 Å². The van der Waals surface area contributed by atoms with Gasteiger partial charge in [0.2, 0.25) is 0 Å². The Balaban J connectivity index is 2.38. The topological polar surface area (TPSA) is 65.4 Å². The SMILES string of the molecule is CNc1c2c(nc3ccccc13)C(O)CCC2O. The van der Waals surface area contributed by atoms with Crippen molar-refractivity contribution in [2.45, 2.75) is 25.0 Å². The number of aromatic nitrogens is 1. The van der Waals surface area contributed by atoms with E-state index in [0.717, 1.165) is 22.2 Å². The normalized spacial score (nSPS) is 22.8. The molecule has 4 nitrogen and oxygen atoms in total. The number of para-hydroxylation sites is 1. The number of nitrogens with zero attached hydrogens (tertiary/aromatic N) is 1. The van der Waals surface area contributed by atoms with Crippen LogP contribution in [0.1, 0.15) is 36.3 Å². The third-order valence-corrected chi connectivity index (χ3v) is 3.57. The largest absolute Gasteiger partial charge is 0.388 e. The first kappa shape index (κ1) is 11.4. The number of rotatable bonds is 1. The van der Waals surface area contributed by atoms with E-state index in [2.05, 4.69) is 10.3 Å². The van der Waals surface area contributed by atoms with Crippen LogP contribution >= 0.6 is 0 Å². The standard InChI is InChI=1S/C14H16N2O2/c1-15-13-8-4-2-3-5-9(8)16-14-11(18)7-6-10(17)12(13)14/h2-5,10-11,17-18H,6-7H2,1H3,(H,15,16). The van der Waals surface area contributed by atoms with Crippen molar-refractivity contribution in [1.82, 2.24) is 4.98 Å². The van der Waals surface area contributed by atoms with Gasteiger partial charge in [-0.15, -0.1) is 0 Å². The fraction of sp³-hybridized carbons (Fsp3) is 0.357. The Morgan fingerprint density at radius 1 is 1.17 bits per heavy atom. The molecule has 0 aliphatic heterocycles. The summed E-state index contributed by atoms with van der Waals surface area (Å²) in [6, 6.07) is 7.77. The Hall–Kier alpha value is -1.65. The summed E-state index contributed by atoms with van der Waals surface area (Å²) in [4.78, 5) is 4.51. The van der Waals surface area contributed by atoms with Gasteiger partial charge < -0.3 is 15.5 Å². The molecule has 0 fully saturated rings. The van der Waals surface area contributed by atoms with Gasteiger partial charge in [-0.05, 0) is 18.9 Å². The molecule has 1 heterocycles. The van der Waals surface area contributed by atoms with Crippen molar-refractivity contribution in [3.05, 3.63) is 35.5 Å². The molecule has 4 heteroatoms. The van der Waals surface area contributed by atoms with Gasteiger partial charge in [-0.1, -0.05) is 18.2 Å². The number of aliphatic hydroxyl groups is 2. The zero-order valence-corrected chi connectivity index (χ0v) is 10.2. The second-order valence-corrected chi connectivity index (χ2v) is 4.66. The van der Waals surface area contributed by atoms with Crippen LogP contribution in [0.25, 0.3) is 10.9 Å². The van der Waals surface area contributed by atoms with Crippen molar-refractivity contribution in [3.63, 3.8) is 0 Å². The molecule has 1 aromatic carbocycles. The summed E-state index contributed by atoms with van der Waals surface area (Å²) >= 11 is 0. The Kier molecular flexibility index (Phi) is 2.69. The van der Waals surface area contributed by atoms with Gasteiger partial charge in [-0.25, -0.2) is 4.98 Å². The number of aliphatic hydroxyl groups excluding tert-OH is 2. The molecule has 18 heavy (non-hydrogen) atoms. The lowest BCUT2D eigenvalue weighted by Crippen LogP contribution is -2.18. The maximum absolute atomic E-state index is 10.2. The maximum Gasteiger partial charge on any atom is 0.0965 e. The predicted octanol–water partition coefficient (Wildman–Crippen LogP) is 2.14. The van der Waals surface area contributed by atoms with Gasteiger partial charge in [-0.2, -0.15) is 0 Å². The summed E-state index contributed by atoms with van der Waals surface area (Å²) in [5.74, 6) is 0. The molecule has 0 spiro atoms. The molecule has 0 bridgehead atoms. The molecule has 0 radical (unpaired) electrons. The van der Waals surface area contributed by atoms with Crippen LogP contribution in [0.2, 0.25) is 0 Å². The highest BCUT2D eigenvalue weighted by atomic mass is 16.3. The molecule has 2 aromatic rings. The predicted molar refractivity (Wildman–Crippen MR) is 70.4 cm³/mol. The van der Waals surface area contributed by atoms with Crippen molar-refractivity contribution in [1.29, 1.82) is 0 Å². The van der Waals surface area contributed by atoms with Crippen LogP contribution in [0.15, 0.2) is 24.3 Å². The van der Waals surface area contributed by atoms with Gasteiger partial charge in [-0.3, -0.25) is 0 Å². The van der Waals surface area contributed by atoms with E-state index in [1.165, 1.54) is 0 Å². The minimum absolute atomic E-state index is 0.553. The molecule has 1 aliphatic carbocycles. The highest BCUT2D eigenvalue weighted by Crippen LogP contribution is 2.41. The molecule has 1 aliphatic rings. The number of benzene rings is 1. The Labute approximate surface area is 105 Å². The van der Waals surface area contributed by atoms with Crippen LogP contribution in [0.4, 0.5) is 5.69 Å². The third-order valence-electron chi connectivity index (χ3n) is 3.57. The minimum Gasteiger partial charge on any atom is -0.388 e. The first-order chi connectivity index (χ1) is 8.72. The summed E-state index contributed by atoms with van der Waals surface area (Å²) in [5, 5.41) is 24.3. The molecule has 3 N–H and O–H groups in total. The number of fused-ring (bicyclic) bond motifs is 2. The Bertz CT molecular complexity index is 598. The van der Waals surface area contributed by atoms with Gasteiger partial charge in [0.05, 0.1) is 29.1 Å². The number of hydrogen-bond donors (Lipinski definition) is 3. The lowest BCUT2D eigenvalue weighted by Gasteiger charge is -2.27. The molecule has 2 unspecified atom stereocenters. The van der Waals surface area contributed by atoms with Crippen molar-refractivity contribution >= 4 is 16.6 Å². The quantitative estimate of drug-likeness (QED) is 0.719. The molecule has 94 valence electrons. The van der Waals surface area contributed by atoms with E-state index < -0.39 is 12.2 Å². The summed E-state index contributed by atoms with van der Waals surface area (Å²) in [6.07, 6.45) is -0.00557. The number of hydrogen-bond acceptors (Lipinski definition) is 4. The van der Waals surface area contributed by atoms with E-state index >= 15 is 0 Å². The summed E-state index contributed by atoms with van der Waals surface area (Å²) < 4.78 is 0. The van der Waals surface area contributed by atoms with E-state index in [1.54, 1.807) is 0 Å². The van der Waals surface area contributed by atoms with Gasteiger partial charge in [0.25, 0.3) is 0 Å². The van der Waals surface area contributed by atoms with Crippen LogP contribution < -0.4 is 5.32 Å². The molecule has 2 atom stereocenters. The molecule has 3 rings (SSSR count). The first-order valence-electron chi connectivity index (χ1n) is 6.18. The van der Waals surface area contributed by atoms with E-state index in [4.69, 9.17) is 0 Å². The second-order valence-electron chi connectivity index (χ2n) is 4.66. The molecular formula is C14H16N2O2. The van der Waals surface area contributed by atoms with Crippen LogP contribution in [-0.4, -0.2) is 22.2 Å². The summed E-state index contributed by atoms with van der Waals surface area (Å²) in [6.45, 7) is 0. The average molecular weight is 244 g/mol. The fourth-order valence-electron chi connectivity index (χ4n) is 2.70. The lowest BCUT2D eigenvalue weighted by atomic mass is 9.88. The Morgan fingerprint density at radius 3 is 2.67 bits per heavy atom. The fourth-order valence-corrected chi connectivity index (χ4v) is 2.70. The van der Waals surface area contributed by atoms with Crippen LogP contribution in [0.5, 0.6) is 0 Å². The maximum atomic E-state index is 10.2. The Morgan fingerprint density at radius 2 is 1.89 bits per heavy atom. The van der Waals surface area contributed by atoms with Crippen LogP contribution in [-0.2, 0) is 0 Å². The smallest absolute Gasteiger partial charge is 0.0965 e. The monoisotopic (exact) mass is 244 g/mol. The number of anilines is 1.